The number of piperidine rings is 1. The fraction of sp³-hybridized carbons (Fsp3) is 0.588. The molecular formula is C17H22ClFN2O3. The number of nitrogens with one attached hydrogen (secondary N) is 1. The second-order valence-corrected chi connectivity index (χ2v) is 6.68. The van der Waals surface area contributed by atoms with Gasteiger partial charge in [0.15, 0.2) is 6.29 Å². The zero-order chi connectivity index (χ0) is 17.1. The van der Waals surface area contributed by atoms with Crippen molar-refractivity contribution in [1.82, 2.24) is 4.90 Å². The van der Waals surface area contributed by atoms with E-state index in [4.69, 9.17) is 21.1 Å². The number of halogens is 2. The first kappa shape index (κ1) is 17.6. The van der Waals surface area contributed by atoms with Gasteiger partial charge in [-0.1, -0.05) is 11.6 Å². The second kappa shape index (κ2) is 7.78. The third-order valence-electron chi connectivity index (χ3n) is 4.72. The van der Waals surface area contributed by atoms with E-state index in [9.17, 15) is 9.18 Å². The molecule has 1 amide bonds. The van der Waals surface area contributed by atoms with Crippen molar-refractivity contribution in [2.75, 3.05) is 31.6 Å². The number of hydrogen-bond acceptors (Lipinski definition) is 4. The van der Waals surface area contributed by atoms with E-state index < -0.39 is 5.82 Å². The van der Waals surface area contributed by atoms with Crippen LogP contribution in [-0.4, -0.2) is 49.4 Å². The largest absolute Gasteiger partial charge is 0.350 e. The summed E-state index contributed by atoms with van der Waals surface area (Å²) in [5, 5.41) is 2.97. The van der Waals surface area contributed by atoms with Crippen LogP contribution >= 0.6 is 11.6 Å². The summed E-state index contributed by atoms with van der Waals surface area (Å²) in [5.74, 6) is -0.176. The Hall–Kier alpha value is -1.21. The number of benzene rings is 1. The van der Waals surface area contributed by atoms with Gasteiger partial charge in [-0.25, -0.2) is 4.39 Å². The molecule has 0 spiro atoms. The minimum absolute atomic E-state index is 0.0886. The Labute approximate surface area is 146 Å². The standard InChI is InChI=1S/C17H22ClFN2O3/c1-11(16(22)20-15-3-2-13(19)10-14(15)18)21-6-4-12(5-7-21)17-23-8-9-24-17/h2-3,10-12,17H,4-9H2,1H3,(H,20,22). The molecule has 132 valence electrons. The number of ether oxygens (including phenoxy) is 2. The SMILES string of the molecule is CC(C(=O)Nc1ccc(F)cc1Cl)N1CCC(C2OCCO2)CC1. The van der Waals surface area contributed by atoms with E-state index in [2.05, 4.69) is 10.2 Å². The van der Waals surface area contributed by atoms with Gasteiger partial charge in [0.1, 0.15) is 5.82 Å². The van der Waals surface area contributed by atoms with Crippen LogP contribution in [0.15, 0.2) is 18.2 Å². The molecule has 7 heteroatoms. The number of likely N-dealkylation sites (tertiary alicyclic amines) is 1. The number of rotatable bonds is 4. The van der Waals surface area contributed by atoms with Crippen LogP contribution in [0.25, 0.3) is 0 Å². The molecule has 0 bridgehead atoms. The van der Waals surface area contributed by atoms with Crippen molar-refractivity contribution in [2.45, 2.75) is 32.1 Å². The normalized spacial score (nSPS) is 21.8. The molecule has 2 aliphatic rings. The smallest absolute Gasteiger partial charge is 0.241 e. The summed E-state index contributed by atoms with van der Waals surface area (Å²) in [6.45, 7) is 4.85. The van der Waals surface area contributed by atoms with E-state index in [-0.39, 0.29) is 23.3 Å². The molecule has 1 aromatic rings. The minimum atomic E-state index is -0.426. The molecule has 24 heavy (non-hydrogen) atoms. The summed E-state index contributed by atoms with van der Waals surface area (Å²) in [6.07, 6.45) is 1.80. The lowest BCUT2D eigenvalue weighted by Crippen LogP contribution is -2.47. The zero-order valence-electron chi connectivity index (χ0n) is 13.6. The Bertz CT molecular complexity index is 587. The van der Waals surface area contributed by atoms with E-state index in [0.29, 0.717) is 24.8 Å². The lowest BCUT2D eigenvalue weighted by molar-refractivity contribution is -0.123. The number of nitrogens with zero attached hydrogens (tertiary/aromatic N) is 1. The number of carbonyl (C=O) groups is 1. The average molecular weight is 357 g/mol. The van der Waals surface area contributed by atoms with Crippen LogP contribution in [-0.2, 0) is 14.3 Å². The van der Waals surface area contributed by atoms with Gasteiger partial charge in [0.2, 0.25) is 5.91 Å². The van der Waals surface area contributed by atoms with Crippen LogP contribution in [0.5, 0.6) is 0 Å². The van der Waals surface area contributed by atoms with E-state index in [1.54, 1.807) is 0 Å². The molecule has 1 aromatic carbocycles. The summed E-state index contributed by atoms with van der Waals surface area (Å²) in [5.41, 5.74) is 0.428. The monoisotopic (exact) mass is 356 g/mol. The lowest BCUT2D eigenvalue weighted by Gasteiger charge is -2.36. The zero-order valence-corrected chi connectivity index (χ0v) is 14.4. The van der Waals surface area contributed by atoms with E-state index in [1.807, 2.05) is 6.92 Å². The van der Waals surface area contributed by atoms with E-state index >= 15 is 0 Å². The van der Waals surface area contributed by atoms with E-state index in [1.165, 1.54) is 18.2 Å². The quantitative estimate of drug-likeness (QED) is 0.901. The maximum atomic E-state index is 13.1. The van der Waals surface area contributed by atoms with Gasteiger partial charge in [-0.15, -0.1) is 0 Å². The highest BCUT2D eigenvalue weighted by Crippen LogP contribution is 2.27. The Morgan fingerprint density at radius 1 is 1.33 bits per heavy atom. The van der Waals surface area contributed by atoms with Crippen molar-refractivity contribution in [2.24, 2.45) is 5.92 Å². The predicted molar refractivity (Wildman–Crippen MR) is 89.5 cm³/mol. The van der Waals surface area contributed by atoms with Crippen LogP contribution in [0.1, 0.15) is 19.8 Å². The number of carbonyl (C=O) groups excluding carboxylic acids is 1. The van der Waals surface area contributed by atoms with Gasteiger partial charge in [-0.05, 0) is 51.1 Å². The molecule has 2 saturated heterocycles. The molecule has 0 aliphatic carbocycles. The Kier molecular flexibility index (Phi) is 5.71. The maximum absolute atomic E-state index is 13.1. The van der Waals surface area contributed by atoms with Crippen molar-refractivity contribution in [3.05, 3.63) is 29.0 Å². The summed E-state index contributed by atoms with van der Waals surface area (Å²) < 4.78 is 24.2. The molecule has 0 radical (unpaired) electrons. The minimum Gasteiger partial charge on any atom is -0.350 e. The molecule has 1 atom stereocenters. The Morgan fingerprint density at radius 3 is 2.62 bits per heavy atom. The van der Waals surface area contributed by atoms with E-state index in [0.717, 1.165) is 25.9 Å². The van der Waals surface area contributed by atoms with Gasteiger partial charge >= 0.3 is 0 Å². The topological polar surface area (TPSA) is 50.8 Å². The molecule has 2 fully saturated rings. The summed E-state index contributed by atoms with van der Waals surface area (Å²) in [6, 6.07) is 3.66. The molecule has 3 rings (SSSR count). The van der Waals surface area contributed by atoms with Crippen LogP contribution in [0.3, 0.4) is 0 Å². The molecule has 5 nitrogen and oxygen atoms in total. The van der Waals surface area contributed by atoms with Gasteiger partial charge in [0.25, 0.3) is 0 Å². The highest BCUT2D eigenvalue weighted by molar-refractivity contribution is 6.33. The third-order valence-corrected chi connectivity index (χ3v) is 5.04. The van der Waals surface area contributed by atoms with Crippen molar-refractivity contribution in [3.63, 3.8) is 0 Å². The van der Waals surface area contributed by atoms with Crippen molar-refractivity contribution in [1.29, 1.82) is 0 Å². The van der Waals surface area contributed by atoms with Gasteiger partial charge in [0.05, 0.1) is 30.0 Å². The summed E-state index contributed by atoms with van der Waals surface area (Å²) in [7, 11) is 0. The van der Waals surface area contributed by atoms with Crippen molar-refractivity contribution in [3.8, 4) is 0 Å². The van der Waals surface area contributed by atoms with Crippen LogP contribution in [0, 0.1) is 11.7 Å². The molecule has 2 heterocycles. The molecule has 0 saturated carbocycles. The Balaban J connectivity index is 1.52. The molecule has 1 unspecified atom stereocenters. The lowest BCUT2D eigenvalue weighted by atomic mass is 9.95. The average Bonchev–Trinajstić information content (AvgIpc) is 3.11. The third kappa shape index (κ3) is 4.06. The highest BCUT2D eigenvalue weighted by Gasteiger charge is 2.33. The van der Waals surface area contributed by atoms with Crippen LogP contribution < -0.4 is 5.32 Å². The second-order valence-electron chi connectivity index (χ2n) is 6.27. The molecular weight excluding hydrogens is 335 g/mol. The number of amides is 1. The van der Waals surface area contributed by atoms with Crippen molar-refractivity contribution >= 4 is 23.2 Å². The van der Waals surface area contributed by atoms with Gasteiger partial charge in [-0.2, -0.15) is 0 Å². The summed E-state index contributed by atoms with van der Waals surface area (Å²) >= 11 is 5.96. The predicted octanol–water partition coefficient (Wildman–Crippen LogP) is 2.89. The first-order valence-corrected chi connectivity index (χ1v) is 8.65. The van der Waals surface area contributed by atoms with Crippen molar-refractivity contribution < 1.29 is 18.7 Å². The van der Waals surface area contributed by atoms with Crippen LogP contribution in [0.4, 0.5) is 10.1 Å². The number of hydrogen-bond donors (Lipinski definition) is 1. The van der Waals surface area contributed by atoms with Gasteiger partial charge in [0, 0.05) is 5.92 Å². The first-order chi connectivity index (χ1) is 11.5. The number of anilines is 1. The highest BCUT2D eigenvalue weighted by atomic mass is 35.5. The first-order valence-electron chi connectivity index (χ1n) is 8.28. The van der Waals surface area contributed by atoms with Crippen LogP contribution in [0.2, 0.25) is 5.02 Å². The molecule has 2 aliphatic heterocycles. The molecule has 0 aromatic heterocycles. The van der Waals surface area contributed by atoms with Gasteiger partial charge in [-0.3, -0.25) is 9.69 Å². The maximum Gasteiger partial charge on any atom is 0.241 e. The fourth-order valence-corrected chi connectivity index (χ4v) is 3.44. The Morgan fingerprint density at radius 2 is 2.00 bits per heavy atom. The molecule has 1 N–H and O–H groups in total. The fourth-order valence-electron chi connectivity index (χ4n) is 3.22. The summed E-state index contributed by atoms with van der Waals surface area (Å²) in [4.78, 5) is 14.6. The van der Waals surface area contributed by atoms with Gasteiger partial charge < -0.3 is 14.8 Å².